The zero-order valence-electron chi connectivity index (χ0n) is 10.6. The first-order chi connectivity index (χ1) is 9.11. The lowest BCUT2D eigenvalue weighted by Crippen LogP contribution is -2.10. The topological polar surface area (TPSA) is 34.9 Å². The Morgan fingerprint density at radius 2 is 2.16 bits per heavy atom. The third kappa shape index (κ3) is 3.54. The number of aryl methyl sites for hydroxylation is 1. The van der Waals surface area contributed by atoms with Crippen LogP contribution < -0.4 is 0 Å². The van der Waals surface area contributed by atoms with E-state index < -0.39 is 0 Å². The van der Waals surface area contributed by atoms with Gasteiger partial charge in [0.1, 0.15) is 5.82 Å². The van der Waals surface area contributed by atoms with Crippen molar-refractivity contribution < 1.29 is 4.79 Å². The third-order valence-electron chi connectivity index (χ3n) is 2.81. The summed E-state index contributed by atoms with van der Waals surface area (Å²) in [6.07, 6.45) is 5.01. The Balaban J connectivity index is 2.21. The van der Waals surface area contributed by atoms with Crippen LogP contribution in [0.4, 0.5) is 0 Å². The predicted molar refractivity (Wildman–Crippen MR) is 82.4 cm³/mol. The molecule has 0 aliphatic heterocycles. The van der Waals surface area contributed by atoms with Crippen LogP contribution in [0.3, 0.4) is 0 Å². The second-order valence-corrected chi connectivity index (χ2v) is 6.03. The highest BCUT2D eigenvalue weighted by Gasteiger charge is 2.14. The summed E-state index contributed by atoms with van der Waals surface area (Å²) in [5.74, 6) is 0.885. The summed E-state index contributed by atoms with van der Waals surface area (Å²) in [5.41, 5.74) is 0.681. The third-order valence-corrected chi connectivity index (χ3v) is 4.00. The van der Waals surface area contributed by atoms with Crippen molar-refractivity contribution in [1.82, 2.24) is 9.55 Å². The summed E-state index contributed by atoms with van der Waals surface area (Å²) in [4.78, 5) is 16.6. The second-order valence-electron chi connectivity index (χ2n) is 4.26. The zero-order valence-corrected chi connectivity index (χ0v) is 13.7. The summed E-state index contributed by atoms with van der Waals surface area (Å²) in [6.45, 7) is 3.00. The number of imidazole rings is 1. The molecule has 0 saturated carbocycles. The first kappa shape index (κ1) is 14.5. The fraction of sp³-hybridized carbons (Fsp3) is 0.286. The minimum absolute atomic E-state index is 0.0664. The van der Waals surface area contributed by atoms with Gasteiger partial charge >= 0.3 is 0 Å². The largest absolute Gasteiger partial charge is 0.335 e. The van der Waals surface area contributed by atoms with Crippen LogP contribution in [0.5, 0.6) is 0 Å². The van der Waals surface area contributed by atoms with Crippen LogP contribution in [0.25, 0.3) is 0 Å². The molecule has 5 heteroatoms. The molecule has 0 aliphatic carbocycles. The number of hydrogen-bond donors (Lipinski definition) is 0. The van der Waals surface area contributed by atoms with Crippen molar-refractivity contribution in [1.29, 1.82) is 0 Å². The molecule has 0 radical (unpaired) electrons. The number of carbonyl (C=O) groups is 1. The maximum Gasteiger partial charge on any atom is 0.171 e. The molecule has 0 atom stereocenters. The van der Waals surface area contributed by atoms with E-state index in [1.165, 1.54) is 0 Å². The fourth-order valence-electron chi connectivity index (χ4n) is 1.90. The number of halogens is 2. The Morgan fingerprint density at radius 1 is 1.37 bits per heavy atom. The maximum absolute atomic E-state index is 12.3. The Kier molecular flexibility index (Phi) is 4.93. The van der Waals surface area contributed by atoms with Gasteiger partial charge in [0.15, 0.2) is 5.78 Å². The summed E-state index contributed by atoms with van der Waals surface area (Å²) in [7, 11) is 0. The molecule has 0 amide bonds. The molecular formula is C14H14Br2N2O. The van der Waals surface area contributed by atoms with Crippen molar-refractivity contribution in [2.24, 2.45) is 0 Å². The van der Waals surface area contributed by atoms with Crippen molar-refractivity contribution in [3.8, 4) is 0 Å². The second kappa shape index (κ2) is 6.48. The van der Waals surface area contributed by atoms with Crippen LogP contribution in [0.15, 0.2) is 39.5 Å². The molecule has 0 saturated heterocycles. The quantitative estimate of drug-likeness (QED) is 0.721. The summed E-state index contributed by atoms with van der Waals surface area (Å²) in [5, 5.41) is 0. The Bertz CT molecular complexity index is 593. The molecule has 1 aromatic carbocycles. The lowest BCUT2D eigenvalue weighted by Gasteiger charge is -2.07. The van der Waals surface area contributed by atoms with Gasteiger partial charge in [-0.1, -0.05) is 38.8 Å². The number of Topliss-reactive ketones (excluding diaryl/α,β-unsaturated/α-hetero) is 1. The highest BCUT2D eigenvalue weighted by molar-refractivity contribution is 9.11. The molecule has 1 heterocycles. The molecule has 1 aromatic heterocycles. The highest BCUT2D eigenvalue weighted by atomic mass is 79.9. The fourth-order valence-corrected chi connectivity index (χ4v) is 2.73. The van der Waals surface area contributed by atoms with Gasteiger partial charge in [-0.3, -0.25) is 4.79 Å². The molecule has 3 nitrogen and oxygen atoms in total. The molecule has 0 bridgehead atoms. The van der Waals surface area contributed by atoms with Crippen molar-refractivity contribution in [3.05, 3.63) is 50.9 Å². The van der Waals surface area contributed by atoms with E-state index in [9.17, 15) is 4.79 Å². The van der Waals surface area contributed by atoms with Crippen molar-refractivity contribution in [2.45, 2.75) is 26.3 Å². The Morgan fingerprint density at radius 3 is 2.89 bits per heavy atom. The van der Waals surface area contributed by atoms with Crippen LogP contribution in [-0.4, -0.2) is 15.3 Å². The van der Waals surface area contributed by atoms with Gasteiger partial charge in [0.05, 0.1) is 6.42 Å². The lowest BCUT2D eigenvalue weighted by molar-refractivity contribution is 0.0989. The number of hydrogen-bond acceptors (Lipinski definition) is 2. The van der Waals surface area contributed by atoms with Gasteiger partial charge in [-0.25, -0.2) is 4.98 Å². The minimum Gasteiger partial charge on any atom is -0.335 e. The van der Waals surface area contributed by atoms with Gasteiger partial charge in [0.25, 0.3) is 0 Å². The Labute approximate surface area is 129 Å². The van der Waals surface area contributed by atoms with E-state index in [-0.39, 0.29) is 5.78 Å². The van der Waals surface area contributed by atoms with Crippen LogP contribution in [0.2, 0.25) is 0 Å². The van der Waals surface area contributed by atoms with Crippen molar-refractivity contribution >= 4 is 37.6 Å². The standard InChI is InChI=1S/C14H14Br2N2O/c1-2-6-18-7-5-17-14(18)9-13(19)11-8-10(15)3-4-12(11)16/h3-5,7-8H,2,6,9H2,1H3. The van der Waals surface area contributed by atoms with E-state index in [0.717, 1.165) is 27.7 Å². The van der Waals surface area contributed by atoms with E-state index in [2.05, 4.69) is 43.8 Å². The highest BCUT2D eigenvalue weighted by Crippen LogP contribution is 2.23. The van der Waals surface area contributed by atoms with Gasteiger partial charge in [-0.05, 0) is 24.6 Å². The molecule has 0 fully saturated rings. The van der Waals surface area contributed by atoms with Gasteiger partial charge < -0.3 is 4.57 Å². The van der Waals surface area contributed by atoms with Crippen LogP contribution in [0.1, 0.15) is 29.5 Å². The van der Waals surface area contributed by atoms with E-state index in [1.807, 2.05) is 29.0 Å². The van der Waals surface area contributed by atoms with Crippen LogP contribution in [-0.2, 0) is 13.0 Å². The summed E-state index contributed by atoms with van der Waals surface area (Å²) >= 11 is 6.80. The Hall–Kier alpha value is -0.940. The number of ketones is 1. The molecule has 100 valence electrons. The monoisotopic (exact) mass is 384 g/mol. The lowest BCUT2D eigenvalue weighted by atomic mass is 10.1. The molecule has 19 heavy (non-hydrogen) atoms. The first-order valence-electron chi connectivity index (χ1n) is 6.10. The molecule has 0 unspecified atom stereocenters. The smallest absolute Gasteiger partial charge is 0.171 e. The SMILES string of the molecule is CCCn1ccnc1CC(=O)c1cc(Br)ccc1Br. The number of nitrogens with zero attached hydrogens (tertiary/aromatic N) is 2. The molecular weight excluding hydrogens is 372 g/mol. The number of carbonyl (C=O) groups excluding carboxylic acids is 1. The average Bonchev–Trinajstić information content (AvgIpc) is 2.80. The van der Waals surface area contributed by atoms with Gasteiger partial charge in [-0.15, -0.1) is 0 Å². The number of benzene rings is 1. The van der Waals surface area contributed by atoms with E-state index in [0.29, 0.717) is 12.0 Å². The van der Waals surface area contributed by atoms with E-state index >= 15 is 0 Å². The first-order valence-corrected chi connectivity index (χ1v) is 7.68. The molecule has 0 spiro atoms. The molecule has 2 rings (SSSR count). The van der Waals surface area contributed by atoms with Crippen molar-refractivity contribution in [2.75, 3.05) is 0 Å². The average molecular weight is 386 g/mol. The van der Waals surface area contributed by atoms with E-state index in [4.69, 9.17) is 0 Å². The normalized spacial score (nSPS) is 10.7. The molecule has 0 N–H and O–H groups in total. The predicted octanol–water partition coefficient (Wildman–Crippen LogP) is 4.24. The summed E-state index contributed by atoms with van der Waals surface area (Å²) in [6, 6.07) is 5.61. The van der Waals surface area contributed by atoms with Crippen molar-refractivity contribution in [3.63, 3.8) is 0 Å². The number of aromatic nitrogens is 2. The summed E-state index contributed by atoms with van der Waals surface area (Å²) < 4.78 is 3.74. The van der Waals surface area contributed by atoms with E-state index in [1.54, 1.807) is 6.20 Å². The van der Waals surface area contributed by atoms with Gasteiger partial charge in [0, 0.05) is 33.4 Å². The maximum atomic E-state index is 12.3. The molecule has 2 aromatic rings. The van der Waals surface area contributed by atoms with Crippen LogP contribution in [0, 0.1) is 0 Å². The molecule has 0 aliphatic rings. The van der Waals surface area contributed by atoms with Gasteiger partial charge in [0.2, 0.25) is 0 Å². The zero-order chi connectivity index (χ0) is 13.8. The van der Waals surface area contributed by atoms with Gasteiger partial charge in [-0.2, -0.15) is 0 Å². The van der Waals surface area contributed by atoms with Crippen LogP contribution >= 0.6 is 31.9 Å². The minimum atomic E-state index is 0.0664. The number of rotatable bonds is 5.